The van der Waals surface area contributed by atoms with Gasteiger partial charge in [0.2, 0.25) is 0 Å². The van der Waals surface area contributed by atoms with Gasteiger partial charge in [0.05, 0.1) is 11.7 Å². The molecule has 114 valence electrons. The van der Waals surface area contributed by atoms with Crippen molar-refractivity contribution in [2.24, 2.45) is 11.8 Å². The molecule has 1 saturated carbocycles. The van der Waals surface area contributed by atoms with Crippen molar-refractivity contribution in [2.75, 3.05) is 5.88 Å². The van der Waals surface area contributed by atoms with Crippen LogP contribution in [0.5, 0.6) is 5.75 Å². The lowest BCUT2D eigenvalue weighted by molar-refractivity contribution is 0.101. The van der Waals surface area contributed by atoms with Crippen molar-refractivity contribution in [2.45, 2.75) is 45.6 Å². The van der Waals surface area contributed by atoms with Crippen LogP contribution >= 0.6 is 11.6 Å². The quantitative estimate of drug-likeness (QED) is 0.563. The molecule has 2 rings (SSSR count). The average Bonchev–Trinajstić information content (AvgIpc) is 2.41. The summed E-state index contributed by atoms with van der Waals surface area (Å²) in [5.41, 5.74) is 0.617. The molecule has 2 atom stereocenters. The summed E-state index contributed by atoms with van der Waals surface area (Å²) in [5.74, 6) is 8.13. The van der Waals surface area contributed by atoms with Crippen LogP contribution in [-0.2, 0) is 0 Å². The molecule has 0 spiro atoms. The average molecular weight is 309 g/mol. The van der Waals surface area contributed by atoms with Crippen LogP contribution in [0.25, 0.3) is 0 Å². The number of halogens is 2. The number of hydrogen-bond acceptors (Lipinski definition) is 1. The molecule has 1 aliphatic rings. The van der Waals surface area contributed by atoms with Gasteiger partial charge >= 0.3 is 0 Å². The van der Waals surface area contributed by atoms with E-state index in [1.807, 2.05) is 0 Å². The van der Waals surface area contributed by atoms with E-state index in [0.717, 1.165) is 12.8 Å². The maximum Gasteiger partial charge on any atom is 0.135 e. The first-order valence-corrected chi connectivity index (χ1v) is 8.13. The van der Waals surface area contributed by atoms with Gasteiger partial charge in [-0.05, 0) is 49.3 Å². The molecule has 1 aromatic carbocycles. The maximum absolute atomic E-state index is 13.4. The second-order valence-electron chi connectivity index (χ2n) is 6.04. The van der Waals surface area contributed by atoms with E-state index >= 15 is 0 Å². The highest BCUT2D eigenvalue weighted by molar-refractivity contribution is 6.18. The second-order valence-corrected chi connectivity index (χ2v) is 6.42. The molecule has 0 aliphatic heterocycles. The van der Waals surface area contributed by atoms with Gasteiger partial charge in [-0.25, -0.2) is 4.39 Å². The number of benzene rings is 1. The summed E-state index contributed by atoms with van der Waals surface area (Å²) in [7, 11) is 0. The van der Waals surface area contributed by atoms with E-state index < -0.39 is 0 Å². The molecule has 1 aromatic rings. The zero-order valence-electron chi connectivity index (χ0n) is 12.7. The van der Waals surface area contributed by atoms with Crippen molar-refractivity contribution in [1.82, 2.24) is 0 Å². The number of rotatable bonds is 3. The van der Waals surface area contributed by atoms with E-state index in [4.69, 9.17) is 16.3 Å². The predicted octanol–water partition coefficient (Wildman–Crippen LogP) is 5.01. The van der Waals surface area contributed by atoms with Crippen molar-refractivity contribution in [3.8, 4) is 17.6 Å². The summed E-state index contributed by atoms with van der Waals surface area (Å²) in [6.07, 6.45) is 4.15. The Morgan fingerprint density at radius 3 is 2.62 bits per heavy atom. The zero-order chi connectivity index (χ0) is 15.2. The Labute approximate surface area is 131 Å². The van der Waals surface area contributed by atoms with Crippen molar-refractivity contribution in [3.05, 3.63) is 29.6 Å². The third-order valence-corrected chi connectivity index (χ3v) is 4.00. The summed E-state index contributed by atoms with van der Waals surface area (Å²) < 4.78 is 19.5. The van der Waals surface area contributed by atoms with Gasteiger partial charge in [0.15, 0.2) is 0 Å². The fourth-order valence-electron chi connectivity index (χ4n) is 3.06. The largest absolute Gasteiger partial charge is 0.489 e. The summed E-state index contributed by atoms with van der Waals surface area (Å²) in [5, 5.41) is 0. The molecule has 21 heavy (non-hydrogen) atoms. The van der Waals surface area contributed by atoms with Gasteiger partial charge < -0.3 is 4.74 Å². The highest BCUT2D eigenvalue weighted by Crippen LogP contribution is 2.32. The predicted molar refractivity (Wildman–Crippen MR) is 85.2 cm³/mol. The highest BCUT2D eigenvalue weighted by atomic mass is 35.5. The van der Waals surface area contributed by atoms with Crippen LogP contribution in [0.2, 0.25) is 0 Å². The fraction of sp³-hybridized carbons (Fsp3) is 0.556. The summed E-state index contributed by atoms with van der Waals surface area (Å²) in [6.45, 7) is 4.52. The molecule has 0 radical (unpaired) electrons. The first-order valence-electron chi connectivity index (χ1n) is 7.59. The lowest BCUT2D eigenvalue weighted by Crippen LogP contribution is -2.28. The Hall–Kier alpha value is -1.20. The molecule has 0 amide bonds. The molecule has 1 aliphatic carbocycles. The van der Waals surface area contributed by atoms with E-state index in [0.29, 0.717) is 35.4 Å². The fourth-order valence-corrected chi connectivity index (χ4v) is 3.15. The Balaban J connectivity index is 2.14. The van der Waals surface area contributed by atoms with Crippen LogP contribution < -0.4 is 4.74 Å². The molecule has 1 fully saturated rings. The molecule has 0 N–H and O–H groups in total. The third kappa shape index (κ3) is 4.93. The van der Waals surface area contributed by atoms with Gasteiger partial charge in [0.1, 0.15) is 11.6 Å². The first kappa shape index (κ1) is 16.2. The monoisotopic (exact) mass is 308 g/mol. The van der Waals surface area contributed by atoms with E-state index in [1.54, 1.807) is 6.07 Å². The molecule has 0 heterocycles. The van der Waals surface area contributed by atoms with Crippen LogP contribution in [0, 0.1) is 29.5 Å². The summed E-state index contributed by atoms with van der Waals surface area (Å²) in [6, 6.07) is 4.55. The minimum atomic E-state index is -0.289. The van der Waals surface area contributed by atoms with Crippen molar-refractivity contribution in [1.29, 1.82) is 0 Å². The Morgan fingerprint density at radius 2 is 1.95 bits per heavy atom. The number of alkyl halides is 1. The minimum Gasteiger partial charge on any atom is -0.489 e. The van der Waals surface area contributed by atoms with Gasteiger partial charge in [-0.15, -0.1) is 11.6 Å². The van der Waals surface area contributed by atoms with Gasteiger partial charge in [-0.3, -0.25) is 0 Å². The minimum absolute atomic E-state index is 0.197. The summed E-state index contributed by atoms with van der Waals surface area (Å²) in [4.78, 5) is 0. The Bertz CT molecular complexity index is 522. The van der Waals surface area contributed by atoms with Crippen molar-refractivity contribution in [3.63, 3.8) is 0 Å². The molecule has 0 aromatic heterocycles. The third-order valence-electron chi connectivity index (χ3n) is 3.81. The Kier molecular flexibility index (Phi) is 5.94. The van der Waals surface area contributed by atoms with Crippen LogP contribution in [0.15, 0.2) is 18.2 Å². The van der Waals surface area contributed by atoms with Crippen LogP contribution in [0.4, 0.5) is 4.39 Å². The number of hydrogen-bond donors (Lipinski definition) is 0. The van der Waals surface area contributed by atoms with E-state index in [-0.39, 0.29) is 11.9 Å². The van der Waals surface area contributed by atoms with E-state index in [2.05, 4.69) is 25.7 Å². The van der Waals surface area contributed by atoms with Crippen LogP contribution in [-0.4, -0.2) is 12.0 Å². The van der Waals surface area contributed by atoms with Gasteiger partial charge in [0.25, 0.3) is 0 Å². The molecule has 0 bridgehead atoms. The smallest absolute Gasteiger partial charge is 0.135 e. The molecule has 1 nitrogen and oxygen atoms in total. The highest BCUT2D eigenvalue weighted by Gasteiger charge is 2.25. The lowest BCUT2D eigenvalue weighted by atomic mass is 9.82. The van der Waals surface area contributed by atoms with E-state index in [9.17, 15) is 4.39 Å². The van der Waals surface area contributed by atoms with Gasteiger partial charge in [-0.1, -0.05) is 25.7 Å². The SMILES string of the molecule is CC1CC(C)CC(Oc2ccc(F)cc2C#CCCCl)C1. The Morgan fingerprint density at radius 1 is 1.24 bits per heavy atom. The molecular formula is C18H22ClFO. The summed E-state index contributed by atoms with van der Waals surface area (Å²) >= 11 is 5.62. The molecule has 3 heteroatoms. The van der Waals surface area contributed by atoms with Crippen LogP contribution in [0.1, 0.15) is 45.1 Å². The van der Waals surface area contributed by atoms with Gasteiger partial charge in [-0.2, -0.15) is 0 Å². The molecule has 0 saturated heterocycles. The van der Waals surface area contributed by atoms with E-state index in [1.165, 1.54) is 18.6 Å². The van der Waals surface area contributed by atoms with Crippen molar-refractivity contribution < 1.29 is 9.13 Å². The maximum atomic E-state index is 13.4. The lowest BCUT2D eigenvalue weighted by Gasteiger charge is -2.32. The molecule has 2 unspecified atom stereocenters. The topological polar surface area (TPSA) is 9.23 Å². The van der Waals surface area contributed by atoms with Gasteiger partial charge in [0, 0.05) is 12.3 Å². The second kappa shape index (κ2) is 7.71. The standard InChI is InChI=1S/C18H22ClFO/c1-13-9-14(2)11-17(10-13)21-18-7-6-16(20)12-15(18)5-3-4-8-19/h6-7,12-14,17H,4,8-11H2,1-2H3. The van der Waals surface area contributed by atoms with Crippen molar-refractivity contribution >= 4 is 11.6 Å². The number of ether oxygens (including phenoxy) is 1. The van der Waals surface area contributed by atoms with Crippen LogP contribution in [0.3, 0.4) is 0 Å². The molecular weight excluding hydrogens is 287 g/mol. The normalized spacial score (nSPS) is 25.0. The first-order chi connectivity index (χ1) is 10.1. The zero-order valence-corrected chi connectivity index (χ0v) is 13.4.